The average Bonchev–Trinajstić information content (AvgIpc) is 2.42. The molecule has 1 aliphatic rings. The number of para-hydroxylation sites is 1. The van der Waals surface area contributed by atoms with Crippen LogP contribution in [0.1, 0.15) is 37.7 Å². The number of carbonyl (C=O) groups excluding carboxylic acids is 1. The fourth-order valence-electron chi connectivity index (χ4n) is 2.61. The van der Waals surface area contributed by atoms with Crippen molar-refractivity contribution in [1.29, 1.82) is 0 Å². The van der Waals surface area contributed by atoms with Crippen LogP contribution in [0, 0.1) is 0 Å². The first-order valence-corrected chi connectivity index (χ1v) is 7.19. The summed E-state index contributed by atoms with van der Waals surface area (Å²) in [6.07, 6.45) is 3.72. The number of anilines is 1. The van der Waals surface area contributed by atoms with Gasteiger partial charge in [-0.2, -0.15) is 0 Å². The average molecular weight is 291 g/mol. The highest BCUT2D eigenvalue weighted by Gasteiger charge is 2.39. The summed E-state index contributed by atoms with van der Waals surface area (Å²) >= 11 is 0. The molecule has 2 N–H and O–H groups in total. The summed E-state index contributed by atoms with van der Waals surface area (Å²) in [5.74, 6) is -0.928. The second-order valence-electron chi connectivity index (χ2n) is 5.52. The second kappa shape index (κ2) is 6.72. The van der Waals surface area contributed by atoms with E-state index in [1.807, 2.05) is 18.2 Å². The number of aryl methyl sites for hydroxylation is 1. The molecule has 0 heterocycles. The number of methoxy groups -OCH3 is 1. The first-order valence-electron chi connectivity index (χ1n) is 7.19. The summed E-state index contributed by atoms with van der Waals surface area (Å²) in [4.78, 5) is 22.8. The van der Waals surface area contributed by atoms with Crippen molar-refractivity contribution in [3.63, 3.8) is 0 Å². The largest absolute Gasteiger partial charge is 0.481 e. The molecule has 2 rings (SSSR count). The molecule has 5 heteroatoms. The minimum atomic E-state index is -0.844. The third-order valence-corrected chi connectivity index (χ3v) is 4.08. The number of benzene rings is 1. The van der Waals surface area contributed by atoms with Crippen LogP contribution >= 0.6 is 0 Å². The van der Waals surface area contributed by atoms with Gasteiger partial charge in [0.1, 0.15) is 0 Å². The van der Waals surface area contributed by atoms with Crippen LogP contribution in [0.25, 0.3) is 0 Å². The molecule has 1 aliphatic carbocycles. The zero-order chi connectivity index (χ0) is 15.3. The SMILES string of the molecule is COC1(CC(=O)Nc2ccccc2CCC(=O)O)CCC1. The van der Waals surface area contributed by atoms with E-state index in [9.17, 15) is 9.59 Å². The quantitative estimate of drug-likeness (QED) is 0.809. The molecule has 0 saturated heterocycles. The number of aliphatic carboxylic acids is 1. The Balaban J connectivity index is 1.98. The van der Waals surface area contributed by atoms with Crippen LogP contribution in [0.4, 0.5) is 5.69 Å². The lowest BCUT2D eigenvalue weighted by molar-refractivity contribution is -0.137. The van der Waals surface area contributed by atoms with Crippen LogP contribution < -0.4 is 5.32 Å². The van der Waals surface area contributed by atoms with Crippen LogP contribution in [-0.4, -0.2) is 29.7 Å². The van der Waals surface area contributed by atoms with Gasteiger partial charge in [-0.1, -0.05) is 18.2 Å². The lowest BCUT2D eigenvalue weighted by Crippen LogP contribution is -2.42. The molecule has 1 aromatic rings. The number of ether oxygens (including phenoxy) is 1. The maximum Gasteiger partial charge on any atom is 0.303 e. The number of hydrogen-bond donors (Lipinski definition) is 2. The fraction of sp³-hybridized carbons (Fsp3) is 0.500. The van der Waals surface area contributed by atoms with E-state index in [1.165, 1.54) is 0 Å². The van der Waals surface area contributed by atoms with E-state index in [4.69, 9.17) is 9.84 Å². The van der Waals surface area contributed by atoms with Crippen LogP contribution in [-0.2, 0) is 20.7 Å². The predicted octanol–water partition coefficient (Wildman–Crippen LogP) is 2.60. The minimum Gasteiger partial charge on any atom is -0.481 e. The summed E-state index contributed by atoms with van der Waals surface area (Å²) < 4.78 is 5.45. The molecule has 1 aromatic carbocycles. The standard InChI is InChI=1S/C16H21NO4/c1-21-16(9-4-10-16)11-14(18)17-13-6-3-2-5-12(13)7-8-15(19)20/h2-3,5-6H,4,7-11H2,1H3,(H,17,18)(H,19,20). The van der Waals surface area contributed by atoms with Crippen molar-refractivity contribution in [1.82, 2.24) is 0 Å². The van der Waals surface area contributed by atoms with Gasteiger partial charge < -0.3 is 15.2 Å². The Morgan fingerprint density at radius 3 is 2.62 bits per heavy atom. The molecular weight excluding hydrogens is 270 g/mol. The van der Waals surface area contributed by atoms with Gasteiger partial charge >= 0.3 is 5.97 Å². The first-order chi connectivity index (χ1) is 10.0. The van der Waals surface area contributed by atoms with Crippen molar-refractivity contribution in [2.24, 2.45) is 0 Å². The summed E-state index contributed by atoms with van der Waals surface area (Å²) in [6, 6.07) is 7.31. The van der Waals surface area contributed by atoms with Gasteiger partial charge in [0, 0.05) is 19.2 Å². The number of amides is 1. The molecule has 5 nitrogen and oxygen atoms in total. The number of nitrogens with one attached hydrogen (secondary N) is 1. The van der Waals surface area contributed by atoms with Crippen molar-refractivity contribution >= 4 is 17.6 Å². The van der Waals surface area contributed by atoms with Gasteiger partial charge in [-0.25, -0.2) is 0 Å². The molecule has 0 spiro atoms. The maximum atomic E-state index is 12.2. The Bertz CT molecular complexity index is 517. The van der Waals surface area contributed by atoms with E-state index in [-0.39, 0.29) is 17.9 Å². The van der Waals surface area contributed by atoms with Crippen molar-refractivity contribution in [2.75, 3.05) is 12.4 Å². The van der Waals surface area contributed by atoms with E-state index in [2.05, 4.69) is 5.32 Å². The van der Waals surface area contributed by atoms with Crippen molar-refractivity contribution in [2.45, 2.75) is 44.1 Å². The third-order valence-electron chi connectivity index (χ3n) is 4.08. The highest BCUT2D eigenvalue weighted by Crippen LogP contribution is 2.38. The van der Waals surface area contributed by atoms with Crippen LogP contribution in [0.2, 0.25) is 0 Å². The monoisotopic (exact) mass is 291 g/mol. The highest BCUT2D eigenvalue weighted by molar-refractivity contribution is 5.92. The number of carboxylic acid groups (broad SMARTS) is 1. The predicted molar refractivity (Wildman–Crippen MR) is 79.2 cm³/mol. The smallest absolute Gasteiger partial charge is 0.303 e. The maximum absolute atomic E-state index is 12.2. The molecule has 0 atom stereocenters. The Morgan fingerprint density at radius 2 is 2.05 bits per heavy atom. The van der Waals surface area contributed by atoms with Crippen molar-refractivity contribution in [3.05, 3.63) is 29.8 Å². The molecule has 0 aromatic heterocycles. The Hall–Kier alpha value is -1.88. The van der Waals surface area contributed by atoms with E-state index in [1.54, 1.807) is 13.2 Å². The van der Waals surface area contributed by atoms with Gasteiger partial charge in [0.05, 0.1) is 12.0 Å². The Kier molecular flexibility index (Phi) is 4.96. The lowest BCUT2D eigenvalue weighted by atomic mass is 9.77. The summed E-state index contributed by atoms with van der Waals surface area (Å²) in [5.41, 5.74) is 1.22. The molecule has 114 valence electrons. The summed E-state index contributed by atoms with van der Waals surface area (Å²) in [7, 11) is 1.65. The molecule has 0 radical (unpaired) electrons. The van der Waals surface area contributed by atoms with Gasteiger partial charge in [0.25, 0.3) is 0 Å². The Morgan fingerprint density at radius 1 is 1.33 bits per heavy atom. The van der Waals surface area contributed by atoms with Crippen molar-refractivity contribution in [3.8, 4) is 0 Å². The van der Waals surface area contributed by atoms with Crippen LogP contribution in [0.3, 0.4) is 0 Å². The Labute approximate surface area is 124 Å². The van der Waals surface area contributed by atoms with E-state index in [0.29, 0.717) is 18.5 Å². The first kappa shape index (κ1) is 15.5. The van der Waals surface area contributed by atoms with Crippen LogP contribution in [0.15, 0.2) is 24.3 Å². The molecule has 0 bridgehead atoms. The number of hydrogen-bond acceptors (Lipinski definition) is 3. The zero-order valence-corrected chi connectivity index (χ0v) is 12.2. The molecule has 1 amide bonds. The molecule has 0 aliphatic heterocycles. The van der Waals surface area contributed by atoms with E-state index < -0.39 is 5.97 Å². The highest BCUT2D eigenvalue weighted by atomic mass is 16.5. The minimum absolute atomic E-state index is 0.0505. The fourth-order valence-corrected chi connectivity index (χ4v) is 2.61. The number of carboxylic acids is 1. The molecule has 1 fully saturated rings. The lowest BCUT2D eigenvalue weighted by Gasteiger charge is -2.39. The molecular formula is C16H21NO4. The molecule has 1 saturated carbocycles. The second-order valence-corrected chi connectivity index (χ2v) is 5.52. The number of rotatable bonds is 7. The number of carbonyl (C=O) groups is 2. The van der Waals surface area contributed by atoms with Gasteiger partial charge in [-0.3, -0.25) is 9.59 Å². The zero-order valence-electron chi connectivity index (χ0n) is 12.2. The van der Waals surface area contributed by atoms with Gasteiger partial charge in [0.2, 0.25) is 5.91 Å². The normalized spacial score (nSPS) is 16.0. The van der Waals surface area contributed by atoms with Crippen LogP contribution in [0.5, 0.6) is 0 Å². The van der Waals surface area contributed by atoms with Gasteiger partial charge in [-0.05, 0) is 37.3 Å². The molecule has 0 unspecified atom stereocenters. The third kappa shape index (κ3) is 4.04. The molecule has 21 heavy (non-hydrogen) atoms. The van der Waals surface area contributed by atoms with E-state index in [0.717, 1.165) is 24.8 Å². The van der Waals surface area contributed by atoms with Crippen molar-refractivity contribution < 1.29 is 19.4 Å². The van der Waals surface area contributed by atoms with Gasteiger partial charge in [0.15, 0.2) is 0 Å². The van der Waals surface area contributed by atoms with Gasteiger partial charge in [-0.15, -0.1) is 0 Å². The topological polar surface area (TPSA) is 75.6 Å². The summed E-state index contributed by atoms with van der Waals surface area (Å²) in [6.45, 7) is 0. The van der Waals surface area contributed by atoms with E-state index >= 15 is 0 Å². The summed E-state index contributed by atoms with van der Waals surface area (Å²) in [5, 5.41) is 11.6.